The quantitative estimate of drug-likeness (QED) is 0.875. The summed E-state index contributed by atoms with van der Waals surface area (Å²) in [5.41, 5.74) is 8.21. The minimum atomic E-state index is -0.00280. The first-order valence-electron chi connectivity index (χ1n) is 5.61. The third-order valence-electron chi connectivity index (χ3n) is 2.66. The number of anilines is 1. The van der Waals surface area contributed by atoms with Gasteiger partial charge in [-0.1, -0.05) is 12.1 Å². The fourth-order valence-corrected chi connectivity index (χ4v) is 1.64. The summed E-state index contributed by atoms with van der Waals surface area (Å²) in [6.07, 6.45) is 1.72. The number of amides is 1. The van der Waals surface area contributed by atoms with E-state index in [1.807, 2.05) is 30.3 Å². The molecule has 0 saturated carbocycles. The highest BCUT2D eigenvalue weighted by molar-refractivity contribution is 5.94. The van der Waals surface area contributed by atoms with Gasteiger partial charge in [-0.05, 0) is 29.8 Å². The number of nitrogen functional groups attached to an aromatic ring is 1. The van der Waals surface area contributed by atoms with E-state index in [1.165, 1.54) is 0 Å². The van der Waals surface area contributed by atoms with Crippen molar-refractivity contribution in [2.24, 2.45) is 0 Å². The molecule has 4 nitrogen and oxygen atoms in total. The van der Waals surface area contributed by atoms with Crippen LogP contribution in [-0.4, -0.2) is 29.9 Å². The van der Waals surface area contributed by atoms with Gasteiger partial charge in [-0.2, -0.15) is 0 Å². The number of carbonyl (C=O) groups is 1. The fourth-order valence-electron chi connectivity index (χ4n) is 1.64. The van der Waals surface area contributed by atoms with Crippen LogP contribution in [0.25, 0.3) is 11.1 Å². The summed E-state index contributed by atoms with van der Waals surface area (Å²) in [7, 11) is 3.47. The van der Waals surface area contributed by atoms with Gasteiger partial charge in [0, 0.05) is 31.4 Å². The minimum Gasteiger partial charge on any atom is -0.384 e. The number of hydrogen-bond acceptors (Lipinski definition) is 3. The molecular weight excluding hydrogens is 226 g/mol. The number of benzene rings is 1. The Morgan fingerprint density at radius 2 is 1.67 bits per heavy atom. The van der Waals surface area contributed by atoms with Crippen LogP contribution in [0.5, 0.6) is 0 Å². The van der Waals surface area contributed by atoms with Crippen LogP contribution in [-0.2, 0) is 0 Å². The molecule has 0 bridgehead atoms. The molecule has 2 aromatic rings. The molecule has 0 spiro atoms. The van der Waals surface area contributed by atoms with Crippen molar-refractivity contribution in [3.63, 3.8) is 0 Å². The SMILES string of the molecule is CN(C)C(=O)c1ccc(-c2ccc(N)nc2)cc1. The maximum absolute atomic E-state index is 11.7. The van der Waals surface area contributed by atoms with Crippen molar-refractivity contribution in [1.82, 2.24) is 9.88 Å². The number of nitrogens with two attached hydrogens (primary N) is 1. The Labute approximate surface area is 106 Å². The Morgan fingerprint density at radius 3 is 2.17 bits per heavy atom. The van der Waals surface area contributed by atoms with E-state index in [0.717, 1.165) is 11.1 Å². The van der Waals surface area contributed by atoms with Gasteiger partial charge in [0.15, 0.2) is 0 Å². The summed E-state index contributed by atoms with van der Waals surface area (Å²) in [6, 6.07) is 11.1. The Bertz CT molecular complexity index is 544. The van der Waals surface area contributed by atoms with Crippen molar-refractivity contribution in [2.45, 2.75) is 0 Å². The molecule has 2 N–H and O–H groups in total. The average Bonchev–Trinajstić information content (AvgIpc) is 2.39. The highest BCUT2D eigenvalue weighted by atomic mass is 16.2. The molecule has 92 valence electrons. The largest absolute Gasteiger partial charge is 0.384 e. The zero-order valence-electron chi connectivity index (χ0n) is 10.4. The van der Waals surface area contributed by atoms with Crippen LogP contribution in [0.4, 0.5) is 5.82 Å². The van der Waals surface area contributed by atoms with Gasteiger partial charge in [-0.25, -0.2) is 4.98 Å². The van der Waals surface area contributed by atoms with Crippen LogP contribution >= 0.6 is 0 Å². The summed E-state index contributed by atoms with van der Waals surface area (Å²) >= 11 is 0. The third-order valence-corrected chi connectivity index (χ3v) is 2.66. The highest BCUT2D eigenvalue weighted by Gasteiger charge is 2.07. The molecule has 0 atom stereocenters. The molecule has 4 heteroatoms. The number of pyridine rings is 1. The van der Waals surface area contributed by atoms with Crippen molar-refractivity contribution in [2.75, 3.05) is 19.8 Å². The van der Waals surface area contributed by atoms with Gasteiger partial charge >= 0.3 is 0 Å². The van der Waals surface area contributed by atoms with Gasteiger partial charge in [0.25, 0.3) is 5.91 Å². The van der Waals surface area contributed by atoms with E-state index in [2.05, 4.69) is 4.98 Å². The average molecular weight is 241 g/mol. The number of carbonyl (C=O) groups excluding carboxylic acids is 1. The van der Waals surface area contributed by atoms with Crippen LogP contribution in [0.15, 0.2) is 42.6 Å². The molecule has 0 aliphatic rings. The summed E-state index contributed by atoms with van der Waals surface area (Å²) in [4.78, 5) is 17.3. The van der Waals surface area contributed by atoms with Gasteiger partial charge in [0.1, 0.15) is 5.82 Å². The Kier molecular flexibility index (Phi) is 3.28. The number of nitrogens with zero attached hydrogens (tertiary/aromatic N) is 2. The normalized spacial score (nSPS) is 10.1. The summed E-state index contributed by atoms with van der Waals surface area (Å²) in [6.45, 7) is 0. The van der Waals surface area contributed by atoms with Gasteiger partial charge in [-0.15, -0.1) is 0 Å². The molecule has 1 aromatic carbocycles. The van der Waals surface area contributed by atoms with Gasteiger partial charge in [0.05, 0.1) is 0 Å². The molecule has 0 unspecified atom stereocenters. The van der Waals surface area contributed by atoms with Crippen molar-refractivity contribution < 1.29 is 4.79 Å². The Balaban J connectivity index is 2.27. The van der Waals surface area contributed by atoms with E-state index >= 15 is 0 Å². The van der Waals surface area contributed by atoms with Crippen molar-refractivity contribution in [3.8, 4) is 11.1 Å². The third kappa shape index (κ3) is 2.48. The van der Waals surface area contributed by atoms with Crippen LogP contribution in [0.2, 0.25) is 0 Å². The lowest BCUT2D eigenvalue weighted by Gasteiger charge is -2.10. The topological polar surface area (TPSA) is 59.2 Å². The summed E-state index contributed by atoms with van der Waals surface area (Å²) in [5.74, 6) is 0.495. The number of aromatic nitrogens is 1. The molecule has 1 amide bonds. The lowest BCUT2D eigenvalue weighted by molar-refractivity contribution is 0.0827. The second-order valence-electron chi connectivity index (χ2n) is 4.25. The molecule has 18 heavy (non-hydrogen) atoms. The van der Waals surface area contributed by atoms with Crippen LogP contribution in [0, 0.1) is 0 Å². The molecular formula is C14H15N3O. The second-order valence-corrected chi connectivity index (χ2v) is 4.25. The molecule has 0 saturated heterocycles. The zero-order valence-corrected chi connectivity index (χ0v) is 10.4. The monoisotopic (exact) mass is 241 g/mol. The standard InChI is InChI=1S/C14H15N3O/c1-17(2)14(18)11-5-3-10(4-6-11)12-7-8-13(15)16-9-12/h3-9H,1-2H3,(H2,15,16). The molecule has 0 aliphatic carbocycles. The van der Waals surface area contributed by atoms with E-state index in [-0.39, 0.29) is 5.91 Å². The van der Waals surface area contributed by atoms with E-state index in [0.29, 0.717) is 11.4 Å². The maximum atomic E-state index is 11.7. The number of rotatable bonds is 2. The van der Waals surface area contributed by atoms with Crippen molar-refractivity contribution >= 4 is 11.7 Å². The van der Waals surface area contributed by atoms with Crippen LogP contribution in [0.3, 0.4) is 0 Å². The van der Waals surface area contributed by atoms with E-state index in [4.69, 9.17) is 5.73 Å². The first kappa shape index (κ1) is 12.1. The smallest absolute Gasteiger partial charge is 0.253 e. The first-order chi connectivity index (χ1) is 8.58. The van der Waals surface area contributed by atoms with Gasteiger partial charge < -0.3 is 10.6 Å². The Morgan fingerprint density at radius 1 is 1.06 bits per heavy atom. The fraction of sp³-hybridized carbons (Fsp3) is 0.143. The maximum Gasteiger partial charge on any atom is 0.253 e. The van der Waals surface area contributed by atoms with Gasteiger partial charge in [-0.3, -0.25) is 4.79 Å². The molecule has 1 heterocycles. The van der Waals surface area contributed by atoms with Gasteiger partial charge in [0.2, 0.25) is 0 Å². The lowest BCUT2D eigenvalue weighted by Crippen LogP contribution is -2.21. The predicted molar refractivity (Wildman–Crippen MR) is 72.1 cm³/mol. The van der Waals surface area contributed by atoms with Crippen LogP contribution < -0.4 is 5.73 Å². The van der Waals surface area contributed by atoms with Crippen LogP contribution in [0.1, 0.15) is 10.4 Å². The highest BCUT2D eigenvalue weighted by Crippen LogP contribution is 2.19. The van der Waals surface area contributed by atoms with E-state index < -0.39 is 0 Å². The zero-order chi connectivity index (χ0) is 13.1. The van der Waals surface area contributed by atoms with Crippen molar-refractivity contribution in [3.05, 3.63) is 48.2 Å². The Hall–Kier alpha value is -2.36. The van der Waals surface area contributed by atoms with E-state index in [9.17, 15) is 4.79 Å². The van der Waals surface area contributed by atoms with E-state index in [1.54, 1.807) is 31.3 Å². The second kappa shape index (κ2) is 4.87. The summed E-state index contributed by atoms with van der Waals surface area (Å²) < 4.78 is 0. The molecule has 0 fully saturated rings. The molecule has 2 rings (SSSR count). The van der Waals surface area contributed by atoms with Crippen molar-refractivity contribution in [1.29, 1.82) is 0 Å². The minimum absolute atomic E-state index is 0.00280. The molecule has 1 aromatic heterocycles. The molecule has 0 aliphatic heterocycles. The molecule has 0 radical (unpaired) electrons. The lowest BCUT2D eigenvalue weighted by atomic mass is 10.1. The number of hydrogen-bond donors (Lipinski definition) is 1. The predicted octanol–water partition coefficient (Wildman–Crippen LogP) is 2.03. The first-order valence-corrected chi connectivity index (χ1v) is 5.61. The summed E-state index contributed by atoms with van der Waals surface area (Å²) in [5, 5.41) is 0.